The molecule has 1 aliphatic carbocycles. The molecule has 0 bridgehead atoms. The number of amides is 1. The van der Waals surface area contributed by atoms with Gasteiger partial charge in [-0.1, -0.05) is 30.3 Å². The van der Waals surface area contributed by atoms with Gasteiger partial charge in [-0.15, -0.1) is 0 Å². The third kappa shape index (κ3) is 4.73. The molecule has 19 heavy (non-hydrogen) atoms. The van der Waals surface area contributed by atoms with E-state index in [0.717, 1.165) is 18.4 Å². The summed E-state index contributed by atoms with van der Waals surface area (Å²) in [5, 5.41) is 2.76. The van der Waals surface area contributed by atoms with Gasteiger partial charge in [0.25, 0.3) is 0 Å². The fraction of sp³-hybridized carbons (Fsp3) is 0.467. The lowest BCUT2D eigenvalue weighted by Crippen LogP contribution is -2.31. The number of carbonyl (C=O) groups is 2. The summed E-state index contributed by atoms with van der Waals surface area (Å²) in [6, 6.07) is 9.58. The van der Waals surface area contributed by atoms with Crippen LogP contribution < -0.4 is 5.32 Å². The highest BCUT2D eigenvalue weighted by molar-refractivity contribution is 5.79. The zero-order chi connectivity index (χ0) is 13.5. The predicted molar refractivity (Wildman–Crippen MR) is 71.6 cm³/mol. The topological polar surface area (TPSA) is 55.4 Å². The molecular weight excluding hydrogens is 242 g/mol. The van der Waals surface area contributed by atoms with Crippen molar-refractivity contribution in [2.75, 3.05) is 6.54 Å². The first-order valence-corrected chi connectivity index (χ1v) is 6.70. The van der Waals surface area contributed by atoms with Crippen molar-refractivity contribution < 1.29 is 14.3 Å². The molecule has 0 saturated heterocycles. The minimum atomic E-state index is -0.388. The van der Waals surface area contributed by atoms with E-state index >= 15 is 0 Å². The van der Waals surface area contributed by atoms with Gasteiger partial charge in [0.15, 0.2) is 0 Å². The molecule has 4 nitrogen and oxygen atoms in total. The van der Waals surface area contributed by atoms with Gasteiger partial charge in [-0.3, -0.25) is 4.79 Å². The van der Waals surface area contributed by atoms with Crippen LogP contribution in [0.15, 0.2) is 30.3 Å². The van der Waals surface area contributed by atoms with Crippen molar-refractivity contribution in [1.82, 2.24) is 5.32 Å². The normalized spacial score (nSPS) is 16.1. The smallest absolute Gasteiger partial charge is 0.407 e. The number of hydrogen-bond donors (Lipinski definition) is 1. The van der Waals surface area contributed by atoms with Gasteiger partial charge >= 0.3 is 6.09 Å². The summed E-state index contributed by atoms with van der Waals surface area (Å²) in [4.78, 5) is 22.6. The Morgan fingerprint density at radius 1 is 1.21 bits per heavy atom. The zero-order valence-corrected chi connectivity index (χ0v) is 10.9. The number of hydrogen-bond acceptors (Lipinski definition) is 3. The number of rotatable bonds is 4. The number of nitrogens with one attached hydrogen (secondary N) is 1. The van der Waals surface area contributed by atoms with Crippen LogP contribution in [0.3, 0.4) is 0 Å². The molecule has 102 valence electrons. The fourth-order valence-electron chi connectivity index (χ4n) is 2.21. The van der Waals surface area contributed by atoms with Crippen LogP contribution in [0, 0.1) is 5.92 Å². The van der Waals surface area contributed by atoms with Crippen LogP contribution in [-0.2, 0) is 16.1 Å². The summed E-state index contributed by atoms with van der Waals surface area (Å²) < 4.78 is 5.12. The van der Waals surface area contributed by atoms with Gasteiger partial charge in [0, 0.05) is 19.4 Å². The molecule has 0 aromatic heterocycles. The Kier molecular flexibility index (Phi) is 4.95. The summed E-state index contributed by atoms with van der Waals surface area (Å²) in [5.74, 6) is 0.741. The maximum atomic E-state index is 11.5. The number of ketones is 1. The summed E-state index contributed by atoms with van der Waals surface area (Å²) in [5.41, 5.74) is 0.973. The third-order valence-corrected chi connectivity index (χ3v) is 3.41. The van der Waals surface area contributed by atoms with Gasteiger partial charge < -0.3 is 10.1 Å². The highest BCUT2D eigenvalue weighted by Crippen LogP contribution is 2.20. The average Bonchev–Trinajstić information content (AvgIpc) is 2.45. The van der Waals surface area contributed by atoms with Gasteiger partial charge in [0.05, 0.1) is 0 Å². The van der Waals surface area contributed by atoms with Crippen molar-refractivity contribution in [2.24, 2.45) is 5.92 Å². The van der Waals surface area contributed by atoms with E-state index in [1.165, 1.54) is 0 Å². The highest BCUT2D eigenvalue weighted by atomic mass is 16.5. The Balaban J connectivity index is 1.63. The zero-order valence-electron chi connectivity index (χ0n) is 10.9. The molecule has 0 radical (unpaired) electrons. The van der Waals surface area contributed by atoms with Crippen molar-refractivity contribution in [3.63, 3.8) is 0 Å². The summed E-state index contributed by atoms with van der Waals surface area (Å²) in [6.07, 6.45) is 2.65. The summed E-state index contributed by atoms with van der Waals surface area (Å²) in [6.45, 7) is 0.886. The standard InChI is InChI=1S/C15H19NO3/c17-14-8-6-12(7-9-14)10-16-15(18)19-11-13-4-2-1-3-5-13/h1-5,12H,6-11H2,(H,16,18). The number of Topliss-reactive ketones (excluding diaryl/α,β-unsaturated/α-hetero) is 1. The molecule has 0 spiro atoms. The van der Waals surface area contributed by atoms with E-state index in [1.54, 1.807) is 0 Å². The number of carbonyl (C=O) groups excluding carboxylic acids is 2. The molecule has 4 heteroatoms. The SMILES string of the molecule is O=C1CCC(CNC(=O)OCc2ccccc2)CC1. The van der Waals surface area contributed by atoms with Gasteiger partial charge in [0.1, 0.15) is 12.4 Å². The first-order valence-electron chi connectivity index (χ1n) is 6.70. The minimum absolute atomic E-state index is 0.288. The molecule has 2 rings (SSSR count). The van der Waals surface area contributed by atoms with Crippen LogP contribution in [0.5, 0.6) is 0 Å². The van der Waals surface area contributed by atoms with Crippen LogP contribution >= 0.6 is 0 Å². The van der Waals surface area contributed by atoms with E-state index < -0.39 is 0 Å². The second kappa shape index (κ2) is 6.92. The molecule has 1 aromatic carbocycles. The van der Waals surface area contributed by atoms with E-state index in [-0.39, 0.29) is 12.7 Å². The molecule has 0 aliphatic heterocycles. The minimum Gasteiger partial charge on any atom is -0.445 e. The summed E-state index contributed by atoms with van der Waals surface area (Å²) >= 11 is 0. The van der Waals surface area contributed by atoms with Crippen molar-refractivity contribution in [1.29, 1.82) is 0 Å². The molecule has 0 unspecified atom stereocenters. The van der Waals surface area contributed by atoms with Crippen LogP contribution in [0.2, 0.25) is 0 Å². The van der Waals surface area contributed by atoms with Gasteiger partial charge in [0.2, 0.25) is 0 Å². The molecule has 1 fully saturated rings. The summed E-state index contributed by atoms with van der Waals surface area (Å²) in [7, 11) is 0. The largest absolute Gasteiger partial charge is 0.445 e. The molecule has 1 saturated carbocycles. The molecule has 0 atom stereocenters. The quantitative estimate of drug-likeness (QED) is 0.906. The van der Waals surface area contributed by atoms with Crippen molar-refractivity contribution in [3.8, 4) is 0 Å². The Morgan fingerprint density at radius 2 is 1.89 bits per heavy atom. The van der Waals surface area contributed by atoms with Crippen LogP contribution in [0.1, 0.15) is 31.2 Å². The van der Waals surface area contributed by atoms with E-state index in [2.05, 4.69) is 5.32 Å². The van der Waals surface area contributed by atoms with Crippen molar-refractivity contribution >= 4 is 11.9 Å². The Hall–Kier alpha value is -1.84. The Morgan fingerprint density at radius 3 is 2.58 bits per heavy atom. The van der Waals surface area contributed by atoms with E-state index in [4.69, 9.17) is 4.74 Å². The monoisotopic (exact) mass is 261 g/mol. The molecule has 1 aromatic rings. The number of benzene rings is 1. The van der Waals surface area contributed by atoms with Crippen LogP contribution in [0.4, 0.5) is 4.79 Å². The van der Waals surface area contributed by atoms with E-state index in [0.29, 0.717) is 31.1 Å². The second-order valence-corrected chi connectivity index (χ2v) is 4.92. The van der Waals surface area contributed by atoms with Gasteiger partial charge in [-0.2, -0.15) is 0 Å². The fourth-order valence-corrected chi connectivity index (χ4v) is 2.21. The van der Waals surface area contributed by atoms with Gasteiger partial charge in [-0.25, -0.2) is 4.79 Å². The molecule has 1 amide bonds. The highest BCUT2D eigenvalue weighted by Gasteiger charge is 2.19. The number of alkyl carbamates (subject to hydrolysis) is 1. The lowest BCUT2D eigenvalue weighted by Gasteiger charge is -2.20. The van der Waals surface area contributed by atoms with Crippen LogP contribution in [0.25, 0.3) is 0 Å². The Labute approximate surface area is 113 Å². The van der Waals surface area contributed by atoms with Crippen molar-refractivity contribution in [2.45, 2.75) is 32.3 Å². The first kappa shape index (κ1) is 13.6. The average molecular weight is 261 g/mol. The maximum absolute atomic E-state index is 11.5. The molecule has 1 aliphatic rings. The molecule has 1 N–H and O–H groups in total. The Bertz CT molecular complexity index is 420. The maximum Gasteiger partial charge on any atom is 0.407 e. The first-order chi connectivity index (χ1) is 9.24. The lowest BCUT2D eigenvalue weighted by molar-refractivity contribution is -0.120. The van der Waals surface area contributed by atoms with Crippen LogP contribution in [-0.4, -0.2) is 18.4 Å². The van der Waals surface area contributed by atoms with E-state index in [9.17, 15) is 9.59 Å². The molecule has 0 heterocycles. The van der Waals surface area contributed by atoms with Crippen molar-refractivity contribution in [3.05, 3.63) is 35.9 Å². The lowest BCUT2D eigenvalue weighted by atomic mass is 9.88. The molecular formula is C15H19NO3. The third-order valence-electron chi connectivity index (χ3n) is 3.41. The van der Waals surface area contributed by atoms with Gasteiger partial charge in [-0.05, 0) is 24.3 Å². The van der Waals surface area contributed by atoms with E-state index in [1.807, 2.05) is 30.3 Å². The predicted octanol–water partition coefficient (Wildman–Crippen LogP) is 2.67. The second-order valence-electron chi connectivity index (χ2n) is 4.92. The number of ether oxygens (including phenoxy) is 1.